The number of anilines is 1. The molecule has 3 rings (SSSR count). The van der Waals surface area contributed by atoms with Crippen LogP contribution in [0.2, 0.25) is 0 Å². The third-order valence-electron chi connectivity index (χ3n) is 4.13. The highest BCUT2D eigenvalue weighted by Crippen LogP contribution is 2.24. The quantitative estimate of drug-likeness (QED) is 0.512. The van der Waals surface area contributed by atoms with E-state index in [9.17, 15) is 4.79 Å². The summed E-state index contributed by atoms with van der Waals surface area (Å²) < 4.78 is 5.85. The summed E-state index contributed by atoms with van der Waals surface area (Å²) in [6.45, 7) is 1.93. The van der Waals surface area contributed by atoms with E-state index in [0.717, 1.165) is 11.1 Å². The number of ether oxygens (including phenoxy) is 1. The van der Waals surface area contributed by atoms with Crippen LogP contribution >= 0.6 is 0 Å². The van der Waals surface area contributed by atoms with Crippen molar-refractivity contribution in [1.29, 1.82) is 0 Å². The fourth-order valence-corrected chi connectivity index (χ4v) is 2.71. The third kappa shape index (κ3) is 3.89. The number of carbonyl (C=O) groups excluding carboxylic acids is 1. The van der Waals surface area contributed by atoms with Crippen molar-refractivity contribution >= 4 is 11.5 Å². The Labute approximate surface area is 148 Å². The molecule has 0 spiro atoms. The molecule has 126 valence electrons. The molecule has 1 atom stereocenters. The fourth-order valence-electron chi connectivity index (χ4n) is 2.71. The molecule has 3 aromatic rings. The minimum Gasteiger partial charge on any atom is -0.480 e. The van der Waals surface area contributed by atoms with Gasteiger partial charge in [0.2, 0.25) is 5.78 Å². The van der Waals surface area contributed by atoms with Crippen molar-refractivity contribution < 1.29 is 9.53 Å². The number of benzene rings is 3. The highest BCUT2D eigenvalue weighted by molar-refractivity contribution is 6.00. The van der Waals surface area contributed by atoms with Crippen molar-refractivity contribution in [2.75, 3.05) is 5.73 Å². The highest BCUT2D eigenvalue weighted by atomic mass is 16.5. The van der Waals surface area contributed by atoms with Crippen LogP contribution in [0.3, 0.4) is 0 Å². The maximum atomic E-state index is 12.8. The van der Waals surface area contributed by atoms with Gasteiger partial charge in [-0.15, -0.1) is 0 Å². The molecular weight excluding hydrogens is 310 g/mol. The molecule has 0 amide bonds. The van der Waals surface area contributed by atoms with Crippen LogP contribution in [0.15, 0.2) is 78.9 Å². The number of rotatable bonds is 6. The first kappa shape index (κ1) is 16.8. The van der Waals surface area contributed by atoms with Crippen molar-refractivity contribution in [2.45, 2.75) is 19.4 Å². The first-order valence-electron chi connectivity index (χ1n) is 8.40. The lowest BCUT2D eigenvalue weighted by Crippen LogP contribution is -2.27. The molecule has 0 radical (unpaired) electrons. The van der Waals surface area contributed by atoms with Crippen molar-refractivity contribution in [3.05, 3.63) is 84.4 Å². The molecule has 0 fully saturated rings. The minimum absolute atomic E-state index is 0.0367. The number of nitrogen functional groups attached to an aromatic ring is 1. The smallest absolute Gasteiger partial charge is 0.203 e. The maximum Gasteiger partial charge on any atom is 0.203 e. The lowest BCUT2D eigenvalue weighted by Gasteiger charge is -2.18. The standard InChI is InChI=1S/C22H21NO2/c1-2-20(25-21-11-7-6-10-19(21)23)22(24)18-14-12-17(13-15-18)16-8-4-3-5-9-16/h3-15,20H,2,23H2,1H3. The summed E-state index contributed by atoms with van der Waals surface area (Å²) in [5.74, 6) is 0.508. The summed E-state index contributed by atoms with van der Waals surface area (Å²) in [5, 5.41) is 0. The molecule has 0 aliphatic rings. The van der Waals surface area contributed by atoms with E-state index >= 15 is 0 Å². The largest absolute Gasteiger partial charge is 0.480 e. The Kier molecular flexibility index (Phi) is 5.14. The van der Waals surface area contributed by atoms with Crippen LogP contribution < -0.4 is 10.5 Å². The molecule has 0 aromatic heterocycles. The molecule has 1 unspecified atom stereocenters. The van der Waals surface area contributed by atoms with Crippen LogP contribution in [0.25, 0.3) is 11.1 Å². The molecule has 0 heterocycles. The molecule has 0 saturated heterocycles. The minimum atomic E-state index is -0.549. The first-order chi connectivity index (χ1) is 12.2. The van der Waals surface area contributed by atoms with Gasteiger partial charge in [-0.1, -0.05) is 73.7 Å². The van der Waals surface area contributed by atoms with Gasteiger partial charge in [0.05, 0.1) is 5.69 Å². The maximum absolute atomic E-state index is 12.8. The normalized spacial score (nSPS) is 11.7. The molecule has 3 heteroatoms. The Bertz CT molecular complexity index is 841. The average molecular weight is 331 g/mol. The summed E-state index contributed by atoms with van der Waals surface area (Å²) in [5.41, 5.74) is 9.29. The van der Waals surface area contributed by atoms with E-state index in [1.165, 1.54) is 0 Å². The molecular formula is C22H21NO2. The molecule has 0 aliphatic carbocycles. The second-order valence-electron chi connectivity index (χ2n) is 5.86. The van der Waals surface area contributed by atoms with Crippen molar-refractivity contribution in [3.8, 4) is 16.9 Å². The summed E-state index contributed by atoms with van der Waals surface area (Å²) in [6.07, 6.45) is 0.0282. The summed E-state index contributed by atoms with van der Waals surface area (Å²) in [6, 6.07) is 24.9. The number of hydrogen-bond acceptors (Lipinski definition) is 3. The van der Waals surface area contributed by atoms with Crippen LogP contribution in [-0.4, -0.2) is 11.9 Å². The summed E-state index contributed by atoms with van der Waals surface area (Å²) >= 11 is 0. The fraction of sp³-hybridized carbons (Fsp3) is 0.136. The van der Waals surface area contributed by atoms with Gasteiger partial charge >= 0.3 is 0 Å². The van der Waals surface area contributed by atoms with Gasteiger partial charge < -0.3 is 10.5 Å². The van der Waals surface area contributed by atoms with E-state index in [1.54, 1.807) is 12.1 Å². The number of Topliss-reactive ketones (excluding diaryl/α,β-unsaturated/α-hetero) is 1. The van der Waals surface area contributed by atoms with E-state index in [4.69, 9.17) is 10.5 Å². The second kappa shape index (κ2) is 7.67. The second-order valence-corrected chi connectivity index (χ2v) is 5.86. The van der Waals surface area contributed by atoms with Crippen LogP contribution in [0.5, 0.6) is 5.75 Å². The molecule has 25 heavy (non-hydrogen) atoms. The lowest BCUT2D eigenvalue weighted by molar-refractivity contribution is 0.0788. The topological polar surface area (TPSA) is 52.3 Å². The molecule has 3 aromatic carbocycles. The molecule has 0 bridgehead atoms. The third-order valence-corrected chi connectivity index (χ3v) is 4.13. The molecule has 3 nitrogen and oxygen atoms in total. The number of carbonyl (C=O) groups is 1. The van der Waals surface area contributed by atoms with E-state index < -0.39 is 6.10 Å². The first-order valence-corrected chi connectivity index (χ1v) is 8.40. The summed E-state index contributed by atoms with van der Waals surface area (Å²) in [7, 11) is 0. The highest BCUT2D eigenvalue weighted by Gasteiger charge is 2.21. The monoisotopic (exact) mass is 331 g/mol. The van der Waals surface area contributed by atoms with Crippen LogP contribution in [0.4, 0.5) is 5.69 Å². The van der Waals surface area contributed by atoms with E-state index in [-0.39, 0.29) is 5.78 Å². The Hall–Kier alpha value is -3.07. The molecule has 0 saturated carbocycles. The van der Waals surface area contributed by atoms with Gasteiger partial charge in [-0.3, -0.25) is 4.79 Å². The van der Waals surface area contributed by atoms with Gasteiger partial charge in [0.15, 0.2) is 6.10 Å². The molecule has 0 aliphatic heterocycles. The van der Waals surface area contributed by atoms with E-state index in [1.807, 2.05) is 73.7 Å². The number of hydrogen-bond donors (Lipinski definition) is 1. The zero-order valence-corrected chi connectivity index (χ0v) is 14.2. The SMILES string of the molecule is CCC(Oc1ccccc1N)C(=O)c1ccc(-c2ccccc2)cc1. The Balaban J connectivity index is 1.78. The predicted octanol–water partition coefficient (Wildman–Crippen LogP) is 4.98. The molecule has 2 N–H and O–H groups in total. The zero-order valence-electron chi connectivity index (χ0n) is 14.2. The van der Waals surface area contributed by atoms with E-state index in [2.05, 4.69) is 0 Å². The predicted molar refractivity (Wildman–Crippen MR) is 102 cm³/mol. The van der Waals surface area contributed by atoms with Gasteiger partial charge in [0.25, 0.3) is 0 Å². The van der Waals surface area contributed by atoms with Crippen LogP contribution in [-0.2, 0) is 0 Å². The zero-order chi connectivity index (χ0) is 17.6. The van der Waals surface area contributed by atoms with E-state index in [0.29, 0.717) is 23.4 Å². The van der Waals surface area contributed by atoms with Crippen molar-refractivity contribution in [1.82, 2.24) is 0 Å². The Morgan fingerprint density at radius 2 is 1.48 bits per heavy atom. The van der Waals surface area contributed by atoms with Crippen LogP contribution in [0, 0.1) is 0 Å². The van der Waals surface area contributed by atoms with Crippen molar-refractivity contribution in [3.63, 3.8) is 0 Å². The van der Waals surface area contributed by atoms with Crippen LogP contribution in [0.1, 0.15) is 23.7 Å². The van der Waals surface area contributed by atoms with Gasteiger partial charge in [0.1, 0.15) is 5.75 Å². The van der Waals surface area contributed by atoms with Gasteiger partial charge in [-0.2, -0.15) is 0 Å². The number of para-hydroxylation sites is 2. The van der Waals surface area contributed by atoms with Gasteiger partial charge in [0, 0.05) is 5.56 Å². The number of ketones is 1. The van der Waals surface area contributed by atoms with Gasteiger partial charge in [-0.25, -0.2) is 0 Å². The van der Waals surface area contributed by atoms with Gasteiger partial charge in [-0.05, 0) is 29.7 Å². The lowest BCUT2D eigenvalue weighted by atomic mass is 10.00. The summed E-state index contributed by atoms with van der Waals surface area (Å²) in [4.78, 5) is 12.8. The average Bonchev–Trinajstić information content (AvgIpc) is 2.68. The van der Waals surface area contributed by atoms with Crippen molar-refractivity contribution in [2.24, 2.45) is 0 Å². The number of nitrogens with two attached hydrogens (primary N) is 1. The Morgan fingerprint density at radius 3 is 2.12 bits per heavy atom. The Morgan fingerprint density at radius 1 is 0.880 bits per heavy atom.